The summed E-state index contributed by atoms with van der Waals surface area (Å²) >= 11 is 0. The maximum atomic E-state index is 12.1. The molecule has 0 saturated heterocycles. The lowest BCUT2D eigenvalue weighted by Crippen LogP contribution is -2.09. The lowest BCUT2D eigenvalue weighted by Gasteiger charge is -2.07. The van der Waals surface area contributed by atoms with Gasteiger partial charge >= 0.3 is 6.18 Å². The number of alkyl halides is 3. The molecule has 15 heavy (non-hydrogen) atoms. The van der Waals surface area contributed by atoms with Crippen LogP contribution in [0.25, 0.3) is 0 Å². The predicted octanol–water partition coefficient (Wildman–Crippen LogP) is 4.57. The highest BCUT2D eigenvalue weighted by molar-refractivity contribution is 5.23. The number of rotatable bonds is 5. The Balaban J connectivity index is 4.46. The van der Waals surface area contributed by atoms with Gasteiger partial charge in [-0.3, -0.25) is 0 Å². The quantitative estimate of drug-likeness (QED) is 0.466. The Morgan fingerprint density at radius 1 is 1.27 bits per heavy atom. The maximum absolute atomic E-state index is 12.1. The van der Waals surface area contributed by atoms with E-state index in [1.165, 1.54) is 6.08 Å². The molecule has 0 nitrogen and oxygen atoms in total. The second-order valence-electron chi connectivity index (χ2n) is 3.08. The fraction of sp³-hybridized carbons (Fsp3) is 0.333. The summed E-state index contributed by atoms with van der Waals surface area (Å²) in [4.78, 5) is 0. The normalized spacial score (nSPS) is 13.2. The molecule has 0 spiro atoms. The van der Waals surface area contributed by atoms with E-state index < -0.39 is 11.7 Å². The molecule has 0 atom stereocenters. The van der Waals surface area contributed by atoms with Gasteiger partial charge in [0, 0.05) is 5.57 Å². The molecule has 0 bridgehead atoms. The van der Waals surface area contributed by atoms with E-state index in [0.717, 1.165) is 5.57 Å². The largest absolute Gasteiger partial charge is 0.412 e. The van der Waals surface area contributed by atoms with Gasteiger partial charge in [0.05, 0.1) is 0 Å². The smallest absolute Gasteiger partial charge is 0.166 e. The van der Waals surface area contributed by atoms with Gasteiger partial charge in [0.2, 0.25) is 0 Å². The second kappa shape index (κ2) is 6.27. The minimum Gasteiger partial charge on any atom is -0.166 e. The average molecular weight is 216 g/mol. The van der Waals surface area contributed by atoms with Crippen LogP contribution >= 0.6 is 0 Å². The van der Waals surface area contributed by atoms with Gasteiger partial charge in [-0.1, -0.05) is 30.9 Å². The van der Waals surface area contributed by atoms with E-state index in [1.54, 1.807) is 18.2 Å². The van der Waals surface area contributed by atoms with Crippen molar-refractivity contribution in [2.24, 2.45) is 0 Å². The van der Waals surface area contributed by atoms with Crippen LogP contribution in [-0.2, 0) is 0 Å². The highest BCUT2D eigenvalue weighted by atomic mass is 19.4. The molecule has 0 saturated carbocycles. The molecule has 0 aromatic rings. The van der Waals surface area contributed by atoms with Gasteiger partial charge in [0.25, 0.3) is 0 Å². The SMILES string of the molecule is C=CCC(/C=C\C)=C/CC(=C)C(F)(F)F. The monoisotopic (exact) mass is 216 g/mol. The number of hydrogen-bond acceptors (Lipinski definition) is 0. The van der Waals surface area contributed by atoms with Crippen LogP contribution < -0.4 is 0 Å². The van der Waals surface area contributed by atoms with Gasteiger partial charge < -0.3 is 0 Å². The summed E-state index contributed by atoms with van der Waals surface area (Å²) < 4.78 is 36.3. The van der Waals surface area contributed by atoms with Crippen molar-refractivity contribution >= 4 is 0 Å². The Kier molecular flexibility index (Phi) is 5.75. The molecule has 0 N–H and O–H groups in total. The second-order valence-corrected chi connectivity index (χ2v) is 3.08. The van der Waals surface area contributed by atoms with Gasteiger partial charge in [-0.2, -0.15) is 13.2 Å². The Morgan fingerprint density at radius 2 is 1.87 bits per heavy atom. The average Bonchev–Trinajstić information content (AvgIpc) is 2.12. The summed E-state index contributed by atoms with van der Waals surface area (Å²) in [6.45, 7) is 8.35. The Morgan fingerprint density at radius 3 is 2.27 bits per heavy atom. The Bertz CT molecular complexity index is 280. The zero-order valence-corrected chi connectivity index (χ0v) is 8.77. The maximum Gasteiger partial charge on any atom is 0.412 e. The van der Waals surface area contributed by atoms with Gasteiger partial charge in [-0.15, -0.1) is 6.58 Å². The third-order valence-electron chi connectivity index (χ3n) is 1.77. The summed E-state index contributed by atoms with van der Waals surface area (Å²) in [5, 5.41) is 0. The zero-order valence-electron chi connectivity index (χ0n) is 8.77. The molecular weight excluding hydrogens is 201 g/mol. The van der Waals surface area contributed by atoms with E-state index in [4.69, 9.17) is 0 Å². The lowest BCUT2D eigenvalue weighted by molar-refractivity contribution is -0.0925. The number of halogens is 3. The first-order valence-electron chi connectivity index (χ1n) is 4.59. The molecule has 0 amide bonds. The van der Waals surface area contributed by atoms with Gasteiger partial charge in [-0.05, 0) is 25.3 Å². The van der Waals surface area contributed by atoms with Crippen LogP contribution in [0.4, 0.5) is 13.2 Å². The van der Waals surface area contributed by atoms with Crippen LogP contribution in [0.3, 0.4) is 0 Å². The molecule has 0 radical (unpaired) electrons. The molecule has 0 aromatic heterocycles. The molecule has 0 rings (SSSR count). The molecule has 0 aliphatic heterocycles. The standard InChI is InChI=1S/C12H15F3/c1-4-6-11(7-5-2)9-8-10(3)12(13,14)15/h4-5,7,9H,1,3,6,8H2,2H3/b7-5-,11-9-. The summed E-state index contributed by atoms with van der Waals surface area (Å²) in [5.41, 5.74) is 0.0893. The minimum absolute atomic E-state index is 0.170. The van der Waals surface area contributed by atoms with Crippen molar-refractivity contribution in [3.05, 3.63) is 48.6 Å². The van der Waals surface area contributed by atoms with E-state index in [0.29, 0.717) is 6.42 Å². The van der Waals surface area contributed by atoms with Crippen LogP contribution in [0.2, 0.25) is 0 Å². The zero-order chi connectivity index (χ0) is 11.9. The Hall–Kier alpha value is -1.25. The molecule has 0 heterocycles. The fourth-order valence-electron chi connectivity index (χ4n) is 0.970. The van der Waals surface area contributed by atoms with Gasteiger partial charge in [-0.25, -0.2) is 0 Å². The van der Waals surface area contributed by atoms with E-state index >= 15 is 0 Å². The molecule has 3 heteroatoms. The molecular formula is C12H15F3. The van der Waals surface area contributed by atoms with E-state index in [-0.39, 0.29) is 6.42 Å². The summed E-state index contributed by atoms with van der Waals surface area (Å²) in [7, 11) is 0. The summed E-state index contributed by atoms with van der Waals surface area (Å²) in [6.07, 6.45) is 2.83. The number of hydrogen-bond donors (Lipinski definition) is 0. The lowest BCUT2D eigenvalue weighted by atomic mass is 10.1. The first kappa shape index (κ1) is 13.8. The van der Waals surface area contributed by atoms with E-state index in [9.17, 15) is 13.2 Å². The Labute approximate surface area is 88.5 Å². The van der Waals surface area contributed by atoms with Crippen molar-refractivity contribution < 1.29 is 13.2 Å². The molecule has 0 aliphatic rings. The van der Waals surface area contributed by atoms with Crippen molar-refractivity contribution in [3.63, 3.8) is 0 Å². The van der Waals surface area contributed by atoms with Crippen molar-refractivity contribution in [2.45, 2.75) is 25.9 Å². The molecule has 0 fully saturated rings. The van der Waals surface area contributed by atoms with Crippen LogP contribution in [0.5, 0.6) is 0 Å². The van der Waals surface area contributed by atoms with Crippen LogP contribution in [0.1, 0.15) is 19.8 Å². The summed E-state index contributed by atoms with van der Waals surface area (Å²) in [5.74, 6) is 0. The number of allylic oxidation sites excluding steroid dienone is 6. The first-order chi connectivity index (χ1) is 6.91. The highest BCUT2D eigenvalue weighted by Crippen LogP contribution is 2.27. The summed E-state index contributed by atoms with van der Waals surface area (Å²) in [6, 6.07) is 0. The topological polar surface area (TPSA) is 0 Å². The van der Waals surface area contributed by atoms with Crippen molar-refractivity contribution in [2.75, 3.05) is 0 Å². The van der Waals surface area contributed by atoms with Gasteiger partial charge in [0.15, 0.2) is 0 Å². The third kappa shape index (κ3) is 5.94. The highest BCUT2D eigenvalue weighted by Gasteiger charge is 2.30. The third-order valence-corrected chi connectivity index (χ3v) is 1.77. The van der Waals surface area contributed by atoms with Crippen LogP contribution in [0.15, 0.2) is 48.6 Å². The molecule has 0 aliphatic carbocycles. The fourth-order valence-corrected chi connectivity index (χ4v) is 0.970. The van der Waals surface area contributed by atoms with Crippen molar-refractivity contribution in [3.8, 4) is 0 Å². The molecule has 0 aromatic carbocycles. The van der Waals surface area contributed by atoms with Crippen molar-refractivity contribution in [1.82, 2.24) is 0 Å². The van der Waals surface area contributed by atoms with E-state index in [1.807, 2.05) is 6.92 Å². The first-order valence-corrected chi connectivity index (χ1v) is 4.59. The molecule has 84 valence electrons. The van der Waals surface area contributed by atoms with E-state index in [2.05, 4.69) is 13.2 Å². The molecule has 0 unspecified atom stereocenters. The van der Waals surface area contributed by atoms with Crippen LogP contribution in [0, 0.1) is 0 Å². The minimum atomic E-state index is -4.30. The van der Waals surface area contributed by atoms with Crippen LogP contribution in [-0.4, -0.2) is 6.18 Å². The van der Waals surface area contributed by atoms with Gasteiger partial charge in [0.1, 0.15) is 0 Å². The van der Waals surface area contributed by atoms with Crippen molar-refractivity contribution in [1.29, 1.82) is 0 Å². The predicted molar refractivity (Wildman–Crippen MR) is 57.5 cm³/mol.